The summed E-state index contributed by atoms with van der Waals surface area (Å²) < 4.78 is 6.64. The van der Waals surface area contributed by atoms with Crippen molar-refractivity contribution in [2.24, 2.45) is 5.73 Å². The lowest BCUT2D eigenvalue weighted by molar-refractivity contribution is 0.350. The first-order valence-corrected chi connectivity index (χ1v) is 6.64. The SMILES string of the molecule is C=C(C)COc1ccc(C2(CN)CC2)cc1Br. The Morgan fingerprint density at radius 1 is 1.53 bits per heavy atom. The van der Waals surface area contributed by atoms with Gasteiger partial charge in [-0.25, -0.2) is 0 Å². The third-order valence-electron chi connectivity index (χ3n) is 3.26. The Labute approximate surface area is 111 Å². The van der Waals surface area contributed by atoms with E-state index in [1.165, 1.54) is 18.4 Å². The second-order valence-corrected chi connectivity index (χ2v) is 5.73. The van der Waals surface area contributed by atoms with Crippen LogP contribution in [0.25, 0.3) is 0 Å². The van der Waals surface area contributed by atoms with Crippen LogP contribution < -0.4 is 10.5 Å². The highest BCUT2D eigenvalue weighted by Crippen LogP contribution is 2.48. The normalized spacial score (nSPS) is 16.6. The van der Waals surface area contributed by atoms with E-state index in [0.717, 1.165) is 22.3 Å². The van der Waals surface area contributed by atoms with Crippen LogP contribution in [0.3, 0.4) is 0 Å². The molecule has 92 valence electrons. The first kappa shape index (κ1) is 12.7. The predicted molar refractivity (Wildman–Crippen MR) is 74.4 cm³/mol. The molecule has 1 aromatic carbocycles. The van der Waals surface area contributed by atoms with Gasteiger partial charge in [0, 0.05) is 12.0 Å². The maximum Gasteiger partial charge on any atom is 0.133 e. The molecule has 0 unspecified atom stereocenters. The number of benzene rings is 1. The van der Waals surface area contributed by atoms with E-state index in [2.05, 4.69) is 34.6 Å². The molecule has 17 heavy (non-hydrogen) atoms. The molecule has 0 aliphatic heterocycles. The van der Waals surface area contributed by atoms with Gasteiger partial charge < -0.3 is 10.5 Å². The van der Waals surface area contributed by atoms with Gasteiger partial charge in [0.25, 0.3) is 0 Å². The lowest BCUT2D eigenvalue weighted by atomic mass is 9.96. The van der Waals surface area contributed by atoms with Gasteiger partial charge in [-0.15, -0.1) is 0 Å². The van der Waals surface area contributed by atoms with Gasteiger partial charge >= 0.3 is 0 Å². The van der Waals surface area contributed by atoms with Gasteiger partial charge in [0.15, 0.2) is 0 Å². The average Bonchev–Trinajstić information content (AvgIpc) is 3.08. The lowest BCUT2D eigenvalue weighted by Crippen LogP contribution is -2.19. The summed E-state index contributed by atoms with van der Waals surface area (Å²) in [5.74, 6) is 0.865. The zero-order valence-corrected chi connectivity index (χ0v) is 11.7. The van der Waals surface area contributed by atoms with Crippen LogP contribution in [0.2, 0.25) is 0 Å². The Morgan fingerprint density at radius 3 is 2.71 bits per heavy atom. The standard InChI is InChI=1S/C14H18BrNO/c1-10(2)8-17-13-4-3-11(7-12(13)15)14(9-16)5-6-14/h3-4,7H,1,5-6,8-9,16H2,2H3. The van der Waals surface area contributed by atoms with Gasteiger partial charge in [-0.1, -0.05) is 12.6 Å². The molecule has 0 saturated heterocycles. The fraction of sp³-hybridized carbons (Fsp3) is 0.429. The summed E-state index contributed by atoms with van der Waals surface area (Å²) in [4.78, 5) is 0. The molecule has 0 radical (unpaired) electrons. The number of rotatable bonds is 5. The Morgan fingerprint density at radius 2 is 2.24 bits per heavy atom. The molecule has 0 atom stereocenters. The molecule has 1 aliphatic carbocycles. The van der Waals surface area contributed by atoms with E-state index in [9.17, 15) is 0 Å². The van der Waals surface area contributed by atoms with Gasteiger partial charge in [-0.05, 0) is 59.0 Å². The van der Waals surface area contributed by atoms with Crippen LogP contribution >= 0.6 is 15.9 Å². The third kappa shape index (κ3) is 2.72. The monoisotopic (exact) mass is 295 g/mol. The van der Waals surface area contributed by atoms with Crippen molar-refractivity contribution in [3.63, 3.8) is 0 Å². The van der Waals surface area contributed by atoms with Crippen molar-refractivity contribution in [1.82, 2.24) is 0 Å². The van der Waals surface area contributed by atoms with Crippen LogP contribution in [0.4, 0.5) is 0 Å². The first-order valence-electron chi connectivity index (χ1n) is 5.85. The van der Waals surface area contributed by atoms with Crippen molar-refractivity contribution in [2.75, 3.05) is 13.2 Å². The summed E-state index contributed by atoms with van der Waals surface area (Å²) in [5.41, 5.74) is 8.39. The number of hydrogen-bond donors (Lipinski definition) is 1. The minimum atomic E-state index is 0.232. The third-order valence-corrected chi connectivity index (χ3v) is 3.88. The average molecular weight is 296 g/mol. The molecule has 0 aromatic heterocycles. The minimum Gasteiger partial charge on any atom is -0.488 e. The van der Waals surface area contributed by atoms with Crippen molar-refractivity contribution < 1.29 is 4.74 Å². The second-order valence-electron chi connectivity index (χ2n) is 4.88. The zero-order valence-electron chi connectivity index (χ0n) is 10.1. The highest BCUT2D eigenvalue weighted by molar-refractivity contribution is 9.10. The van der Waals surface area contributed by atoms with Crippen LogP contribution in [0, 0.1) is 0 Å². The Balaban J connectivity index is 2.14. The fourth-order valence-corrected chi connectivity index (χ4v) is 2.40. The van der Waals surface area contributed by atoms with Crippen LogP contribution in [0.5, 0.6) is 5.75 Å². The molecule has 2 nitrogen and oxygen atoms in total. The quantitative estimate of drug-likeness (QED) is 0.845. The lowest BCUT2D eigenvalue weighted by Gasteiger charge is -2.15. The van der Waals surface area contributed by atoms with Crippen molar-refractivity contribution in [3.05, 3.63) is 40.4 Å². The van der Waals surface area contributed by atoms with Crippen molar-refractivity contribution in [2.45, 2.75) is 25.2 Å². The molecule has 0 bridgehead atoms. The zero-order chi connectivity index (χ0) is 12.5. The van der Waals surface area contributed by atoms with Crippen molar-refractivity contribution in [1.29, 1.82) is 0 Å². The first-order chi connectivity index (χ1) is 8.07. The summed E-state index contributed by atoms with van der Waals surface area (Å²) in [6.07, 6.45) is 2.39. The molecule has 3 heteroatoms. The maximum atomic E-state index is 5.83. The second kappa shape index (κ2) is 4.83. The number of nitrogens with two attached hydrogens (primary N) is 1. The molecule has 0 heterocycles. The van der Waals surface area contributed by atoms with E-state index in [1.807, 2.05) is 13.0 Å². The summed E-state index contributed by atoms with van der Waals surface area (Å²) in [6, 6.07) is 6.27. The highest BCUT2D eigenvalue weighted by atomic mass is 79.9. The van der Waals surface area contributed by atoms with Crippen LogP contribution in [-0.2, 0) is 5.41 Å². The molecular formula is C14H18BrNO. The van der Waals surface area contributed by atoms with E-state index >= 15 is 0 Å². The Kier molecular flexibility index (Phi) is 3.59. The molecule has 0 amide bonds. The maximum absolute atomic E-state index is 5.83. The summed E-state index contributed by atoms with van der Waals surface area (Å²) in [6.45, 7) is 7.06. The van der Waals surface area contributed by atoms with E-state index < -0.39 is 0 Å². The summed E-state index contributed by atoms with van der Waals surface area (Å²) in [5, 5.41) is 0. The Hall–Kier alpha value is -0.800. The minimum absolute atomic E-state index is 0.232. The van der Waals surface area contributed by atoms with Gasteiger partial charge in [0.05, 0.1) is 4.47 Å². The van der Waals surface area contributed by atoms with Crippen molar-refractivity contribution >= 4 is 15.9 Å². The van der Waals surface area contributed by atoms with Gasteiger partial charge in [0.2, 0.25) is 0 Å². The molecule has 2 N–H and O–H groups in total. The number of halogens is 1. The van der Waals surface area contributed by atoms with E-state index in [0.29, 0.717) is 6.61 Å². The molecule has 1 aliphatic rings. The molecule has 1 saturated carbocycles. The largest absolute Gasteiger partial charge is 0.488 e. The van der Waals surface area contributed by atoms with Crippen LogP contribution in [0.1, 0.15) is 25.3 Å². The van der Waals surface area contributed by atoms with Crippen molar-refractivity contribution in [3.8, 4) is 5.75 Å². The topological polar surface area (TPSA) is 35.2 Å². The molecule has 0 spiro atoms. The molecular weight excluding hydrogens is 278 g/mol. The predicted octanol–water partition coefficient (Wildman–Crippen LogP) is 3.39. The number of ether oxygens (including phenoxy) is 1. The van der Waals surface area contributed by atoms with Gasteiger partial charge in [0.1, 0.15) is 12.4 Å². The van der Waals surface area contributed by atoms with Gasteiger partial charge in [-0.2, -0.15) is 0 Å². The van der Waals surface area contributed by atoms with E-state index in [4.69, 9.17) is 10.5 Å². The fourth-order valence-electron chi connectivity index (χ4n) is 1.91. The smallest absolute Gasteiger partial charge is 0.133 e. The number of hydrogen-bond acceptors (Lipinski definition) is 2. The van der Waals surface area contributed by atoms with E-state index in [-0.39, 0.29) is 5.41 Å². The molecule has 2 rings (SSSR count). The Bertz CT molecular complexity index is 438. The summed E-state index contributed by atoms with van der Waals surface area (Å²) in [7, 11) is 0. The van der Waals surface area contributed by atoms with Crippen LogP contribution in [-0.4, -0.2) is 13.2 Å². The van der Waals surface area contributed by atoms with Gasteiger partial charge in [-0.3, -0.25) is 0 Å². The molecule has 1 fully saturated rings. The molecule has 1 aromatic rings. The highest BCUT2D eigenvalue weighted by Gasteiger charge is 2.42. The summed E-state index contributed by atoms with van der Waals surface area (Å²) >= 11 is 3.55. The van der Waals surface area contributed by atoms with E-state index in [1.54, 1.807) is 0 Å². The van der Waals surface area contributed by atoms with Crippen LogP contribution in [0.15, 0.2) is 34.8 Å².